The molecular weight excluding hydrogens is 248 g/mol. The Labute approximate surface area is 112 Å². The van der Waals surface area contributed by atoms with Gasteiger partial charge in [0.05, 0.1) is 16.4 Å². The lowest BCUT2D eigenvalue weighted by atomic mass is 10.1. The first-order valence-corrected chi connectivity index (χ1v) is 6.33. The monoisotopic (exact) mass is 264 g/mol. The van der Waals surface area contributed by atoms with Crippen molar-refractivity contribution in [2.75, 3.05) is 5.73 Å². The topological polar surface area (TPSA) is 56.7 Å². The molecule has 0 saturated heterocycles. The molecule has 96 valence electrons. The fraction of sp³-hybridized carbons (Fsp3) is 0.385. The molecule has 18 heavy (non-hydrogen) atoms. The second-order valence-corrected chi connectivity index (χ2v) is 4.77. The first kappa shape index (κ1) is 12.9. The molecule has 0 atom stereocenters. The first-order chi connectivity index (χ1) is 8.52. The molecular formula is C13H17ClN4. The van der Waals surface area contributed by atoms with Crippen molar-refractivity contribution in [3.05, 3.63) is 39.8 Å². The van der Waals surface area contributed by atoms with Gasteiger partial charge in [-0.3, -0.25) is 4.68 Å². The van der Waals surface area contributed by atoms with Crippen LogP contribution in [0, 0.1) is 13.8 Å². The standard InChI is InChI=1S/C13H17ClN4/c1-4-18-11(12(14)9(3)17-18)6-10-5-8(2)7-16-13(10)15/h5,7H,4,6H2,1-3H3,(H2,15,16). The molecule has 0 aliphatic carbocycles. The molecule has 4 nitrogen and oxygen atoms in total. The van der Waals surface area contributed by atoms with Crippen molar-refractivity contribution in [3.8, 4) is 0 Å². The third-order valence-corrected chi connectivity index (χ3v) is 3.44. The zero-order chi connectivity index (χ0) is 13.3. The van der Waals surface area contributed by atoms with Crippen LogP contribution in [0.4, 0.5) is 5.82 Å². The summed E-state index contributed by atoms with van der Waals surface area (Å²) in [5, 5.41) is 5.12. The summed E-state index contributed by atoms with van der Waals surface area (Å²) in [5.74, 6) is 0.554. The van der Waals surface area contributed by atoms with E-state index in [9.17, 15) is 0 Å². The van der Waals surface area contributed by atoms with Crippen molar-refractivity contribution < 1.29 is 0 Å². The van der Waals surface area contributed by atoms with E-state index >= 15 is 0 Å². The van der Waals surface area contributed by atoms with Gasteiger partial charge in [-0.1, -0.05) is 17.7 Å². The Morgan fingerprint density at radius 1 is 1.39 bits per heavy atom. The van der Waals surface area contributed by atoms with Crippen LogP contribution in [0.3, 0.4) is 0 Å². The Kier molecular flexibility index (Phi) is 3.57. The van der Waals surface area contributed by atoms with Crippen molar-refractivity contribution in [2.24, 2.45) is 0 Å². The SMILES string of the molecule is CCn1nc(C)c(Cl)c1Cc1cc(C)cnc1N. The summed E-state index contributed by atoms with van der Waals surface area (Å²) >= 11 is 6.29. The number of rotatable bonds is 3. The van der Waals surface area contributed by atoms with Crippen molar-refractivity contribution in [2.45, 2.75) is 33.7 Å². The zero-order valence-electron chi connectivity index (χ0n) is 10.9. The second kappa shape index (κ2) is 4.98. The van der Waals surface area contributed by atoms with Gasteiger partial charge in [-0.2, -0.15) is 5.10 Å². The first-order valence-electron chi connectivity index (χ1n) is 5.95. The predicted molar refractivity (Wildman–Crippen MR) is 73.8 cm³/mol. The van der Waals surface area contributed by atoms with Crippen LogP contribution in [0.2, 0.25) is 5.02 Å². The number of pyridine rings is 1. The van der Waals surface area contributed by atoms with Crippen LogP contribution >= 0.6 is 11.6 Å². The highest BCUT2D eigenvalue weighted by molar-refractivity contribution is 6.31. The average molecular weight is 265 g/mol. The predicted octanol–water partition coefficient (Wildman–Crippen LogP) is 2.74. The van der Waals surface area contributed by atoms with Crippen molar-refractivity contribution >= 4 is 17.4 Å². The number of aryl methyl sites for hydroxylation is 3. The van der Waals surface area contributed by atoms with Gasteiger partial charge in [-0.05, 0) is 26.3 Å². The molecule has 0 bridgehead atoms. The molecule has 0 radical (unpaired) electrons. The van der Waals surface area contributed by atoms with Gasteiger partial charge in [0.2, 0.25) is 0 Å². The molecule has 2 heterocycles. The smallest absolute Gasteiger partial charge is 0.126 e. The van der Waals surface area contributed by atoms with E-state index in [1.807, 2.05) is 31.5 Å². The molecule has 0 fully saturated rings. The molecule has 0 aliphatic rings. The van der Waals surface area contributed by atoms with Crippen molar-refractivity contribution in [1.82, 2.24) is 14.8 Å². The van der Waals surface area contributed by atoms with Gasteiger partial charge in [0.1, 0.15) is 5.82 Å². The lowest BCUT2D eigenvalue weighted by molar-refractivity contribution is 0.625. The fourth-order valence-electron chi connectivity index (χ4n) is 2.00. The van der Waals surface area contributed by atoms with Crippen molar-refractivity contribution in [3.63, 3.8) is 0 Å². The van der Waals surface area contributed by atoms with E-state index in [-0.39, 0.29) is 0 Å². The normalized spacial score (nSPS) is 10.9. The van der Waals surface area contributed by atoms with Gasteiger partial charge < -0.3 is 5.73 Å². The Hall–Kier alpha value is -1.55. The third-order valence-electron chi connectivity index (χ3n) is 2.95. The highest BCUT2D eigenvalue weighted by Gasteiger charge is 2.14. The number of halogens is 1. The fourth-order valence-corrected chi connectivity index (χ4v) is 2.20. The van der Waals surface area contributed by atoms with Crippen molar-refractivity contribution in [1.29, 1.82) is 0 Å². The second-order valence-electron chi connectivity index (χ2n) is 4.40. The average Bonchev–Trinajstić information content (AvgIpc) is 2.61. The summed E-state index contributed by atoms with van der Waals surface area (Å²) in [6.07, 6.45) is 2.43. The van der Waals surface area contributed by atoms with Crippen LogP contribution in [0.25, 0.3) is 0 Å². The van der Waals surface area contributed by atoms with Gasteiger partial charge in [-0.25, -0.2) is 4.98 Å². The minimum Gasteiger partial charge on any atom is -0.383 e. The van der Waals surface area contributed by atoms with Crippen LogP contribution in [-0.4, -0.2) is 14.8 Å². The molecule has 0 unspecified atom stereocenters. The number of nitrogens with two attached hydrogens (primary N) is 1. The Morgan fingerprint density at radius 2 is 2.11 bits per heavy atom. The number of hydrogen-bond donors (Lipinski definition) is 1. The number of nitrogens with zero attached hydrogens (tertiary/aromatic N) is 3. The van der Waals surface area contributed by atoms with E-state index in [1.54, 1.807) is 6.20 Å². The van der Waals surface area contributed by atoms with Crippen LogP contribution in [0.1, 0.15) is 29.4 Å². The van der Waals surface area contributed by atoms with E-state index in [4.69, 9.17) is 17.3 Å². The van der Waals surface area contributed by atoms with E-state index < -0.39 is 0 Å². The van der Waals surface area contributed by atoms with Crippen LogP contribution in [0.15, 0.2) is 12.3 Å². The lowest BCUT2D eigenvalue weighted by Crippen LogP contribution is -2.06. The van der Waals surface area contributed by atoms with Crippen LogP contribution in [-0.2, 0) is 13.0 Å². The van der Waals surface area contributed by atoms with Gasteiger partial charge in [0, 0.05) is 24.7 Å². The summed E-state index contributed by atoms with van der Waals surface area (Å²) in [7, 11) is 0. The van der Waals surface area contributed by atoms with E-state index in [1.165, 1.54) is 0 Å². The number of aromatic nitrogens is 3. The molecule has 0 amide bonds. The third kappa shape index (κ3) is 2.34. The van der Waals surface area contributed by atoms with Gasteiger partial charge >= 0.3 is 0 Å². The number of hydrogen-bond acceptors (Lipinski definition) is 3. The minimum absolute atomic E-state index is 0.554. The van der Waals surface area contributed by atoms with Gasteiger partial charge in [0.15, 0.2) is 0 Å². The maximum absolute atomic E-state index is 6.29. The van der Waals surface area contributed by atoms with E-state index in [0.29, 0.717) is 12.2 Å². The Bertz CT molecular complexity index is 575. The molecule has 0 saturated carbocycles. The number of anilines is 1. The van der Waals surface area contributed by atoms with Crippen LogP contribution in [0.5, 0.6) is 0 Å². The maximum atomic E-state index is 6.29. The molecule has 0 aliphatic heterocycles. The molecule has 0 spiro atoms. The summed E-state index contributed by atoms with van der Waals surface area (Å²) in [6.45, 7) is 6.75. The largest absolute Gasteiger partial charge is 0.383 e. The molecule has 2 N–H and O–H groups in total. The summed E-state index contributed by atoms with van der Waals surface area (Å²) in [6, 6.07) is 2.04. The summed E-state index contributed by atoms with van der Waals surface area (Å²) < 4.78 is 1.92. The van der Waals surface area contributed by atoms with E-state index in [0.717, 1.165) is 34.1 Å². The lowest BCUT2D eigenvalue weighted by Gasteiger charge is -2.08. The summed E-state index contributed by atoms with van der Waals surface area (Å²) in [4.78, 5) is 4.17. The summed E-state index contributed by atoms with van der Waals surface area (Å²) in [5.41, 5.74) is 9.84. The Morgan fingerprint density at radius 3 is 2.78 bits per heavy atom. The molecule has 0 aromatic carbocycles. The molecule has 2 aromatic rings. The highest BCUT2D eigenvalue weighted by Crippen LogP contribution is 2.24. The van der Waals surface area contributed by atoms with E-state index in [2.05, 4.69) is 10.1 Å². The molecule has 2 aromatic heterocycles. The van der Waals surface area contributed by atoms with Gasteiger partial charge in [-0.15, -0.1) is 0 Å². The maximum Gasteiger partial charge on any atom is 0.126 e. The Balaban J connectivity index is 2.42. The molecule has 2 rings (SSSR count). The molecule has 5 heteroatoms. The van der Waals surface area contributed by atoms with Gasteiger partial charge in [0.25, 0.3) is 0 Å². The minimum atomic E-state index is 0.554. The number of nitrogen functional groups attached to an aromatic ring is 1. The zero-order valence-corrected chi connectivity index (χ0v) is 11.6. The highest BCUT2D eigenvalue weighted by atomic mass is 35.5. The quantitative estimate of drug-likeness (QED) is 0.927. The van der Waals surface area contributed by atoms with Crippen LogP contribution < -0.4 is 5.73 Å².